The highest BCUT2D eigenvalue weighted by Gasteiger charge is 2.26. The molecule has 20 heavy (non-hydrogen) atoms. The number of aliphatic hydroxyl groups is 1. The number of hydrogen-bond acceptors (Lipinski definition) is 4. The van der Waals surface area contributed by atoms with E-state index in [2.05, 4.69) is 5.32 Å². The van der Waals surface area contributed by atoms with E-state index in [4.69, 9.17) is 10.6 Å². The summed E-state index contributed by atoms with van der Waals surface area (Å²) in [5.74, 6) is -0.212. The van der Waals surface area contributed by atoms with Crippen molar-refractivity contribution in [3.05, 3.63) is 23.0 Å². The van der Waals surface area contributed by atoms with Crippen molar-refractivity contribution in [1.29, 1.82) is 0 Å². The molecule has 0 radical (unpaired) electrons. The molecule has 1 amide bonds. The van der Waals surface area contributed by atoms with Crippen LogP contribution in [-0.2, 0) is 0 Å². The van der Waals surface area contributed by atoms with Crippen LogP contribution in [0.4, 0.5) is 0 Å². The molecule has 0 spiro atoms. The monoisotopic (exact) mass is 281 g/mol. The average molecular weight is 281 g/mol. The Morgan fingerprint density at radius 1 is 1.60 bits per heavy atom. The second kappa shape index (κ2) is 6.28. The molecule has 4 N–H and O–H groups in total. The second-order valence-corrected chi connectivity index (χ2v) is 5.24. The van der Waals surface area contributed by atoms with Crippen LogP contribution in [-0.4, -0.2) is 35.1 Å². The van der Waals surface area contributed by atoms with Gasteiger partial charge in [-0.15, -0.1) is 0 Å². The molecule has 1 aromatic rings. The number of carbonyl (C=O) groups excluding carboxylic acids is 1. The van der Waals surface area contributed by atoms with Crippen molar-refractivity contribution in [3.63, 3.8) is 0 Å². The lowest BCUT2D eigenvalue weighted by Crippen LogP contribution is -2.31. The molecule has 0 aliphatic carbocycles. The lowest BCUT2D eigenvalue weighted by molar-refractivity contribution is -0.107. The van der Waals surface area contributed by atoms with Crippen LogP contribution < -0.4 is 15.9 Å². The maximum Gasteiger partial charge on any atom is 0.269 e. The molecule has 1 aliphatic heterocycles. The number of piperidine rings is 1. The van der Waals surface area contributed by atoms with Crippen molar-refractivity contribution in [3.8, 4) is 0 Å². The Balaban J connectivity index is 2.36. The molecule has 0 aromatic carbocycles. The molecular formula is C14H23N3O3. The number of nitrogens with zero attached hydrogens (tertiary/aromatic N) is 1. The topological polar surface area (TPSA) is 89.5 Å². The van der Waals surface area contributed by atoms with Crippen LogP contribution in [0.5, 0.6) is 0 Å². The first-order valence-electron chi connectivity index (χ1n) is 7.12. The van der Waals surface area contributed by atoms with E-state index in [0.29, 0.717) is 18.0 Å². The van der Waals surface area contributed by atoms with Gasteiger partial charge in [-0.05, 0) is 50.4 Å². The van der Waals surface area contributed by atoms with Gasteiger partial charge >= 0.3 is 0 Å². The zero-order chi connectivity index (χ0) is 14.7. The fourth-order valence-corrected chi connectivity index (χ4v) is 2.66. The molecule has 2 heterocycles. The van der Waals surface area contributed by atoms with Gasteiger partial charge in [0, 0.05) is 6.42 Å². The predicted octanol–water partition coefficient (Wildman–Crippen LogP) is 0.519. The Morgan fingerprint density at radius 2 is 2.25 bits per heavy atom. The Labute approximate surface area is 118 Å². The summed E-state index contributed by atoms with van der Waals surface area (Å²) >= 11 is 0. The number of primary amides is 1. The van der Waals surface area contributed by atoms with Gasteiger partial charge in [-0.1, -0.05) is 6.92 Å². The molecule has 1 atom stereocenters. The third kappa shape index (κ3) is 2.96. The van der Waals surface area contributed by atoms with Crippen LogP contribution >= 0.6 is 0 Å². The molecule has 2 rings (SSSR count). The summed E-state index contributed by atoms with van der Waals surface area (Å²) in [5.41, 5.74) is 7.59. The van der Waals surface area contributed by atoms with E-state index in [-0.39, 0.29) is 0 Å². The minimum atomic E-state index is -0.944. The minimum absolute atomic E-state index is 0.307. The van der Waals surface area contributed by atoms with Crippen LogP contribution in [0, 0.1) is 6.92 Å². The molecule has 1 aliphatic rings. The van der Waals surface area contributed by atoms with Gasteiger partial charge in [0.25, 0.3) is 5.91 Å². The van der Waals surface area contributed by atoms with Crippen molar-refractivity contribution in [2.24, 2.45) is 5.73 Å². The molecule has 0 saturated carbocycles. The molecule has 0 bridgehead atoms. The third-order valence-corrected chi connectivity index (χ3v) is 3.75. The molecule has 1 aromatic heterocycles. The summed E-state index contributed by atoms with van der Waals surface area (Å²) in [6, 6.07) is 1.94. The quantitative estimate of drug-likeness (QED) is 0.686. The first-order valence-corrected chi connectivity index (χ1v) is 7.12. The van der Waals surface area contributed by atoms with Gasteiger partial charge < -0.3 is 21.0 Å². The van der Waals surface area contributed by atoms with Crippen molar-refractivity contribution >= 4 is 5.91 Å². The van der Waals surface area contributed by atoms with E-state index in [1.54, 1.807) is 6.92 Å². The van der Waals surface area contributed by atoms with E-state index < -0.39 is 12.2 Å². The Hall–Kier alpha value is -1.53. The van der Waals surface area contributed by atoms with Crippen LogP contribution in [0.1, 0.15) is 53.8 Å². The van der Waals surface area contributed by atoms with Gasteiger partial charge in [0.05, 0.1) is 5.69 Å². The highest BCUT2D eigenvalue weighted by atomic mass is 16.7. The average Bonchev–Trinajstić information content (AvgIpc) is 2.77. The number of nitrogens with one attached hydrogen (secondary N) is 1. The van der Waals surface area contributed by atoms with E-state index in [0.717, 1.165) is 37.2 Å². The fraction of sp³-hybridized carbons (Fsp3) is 0.643. The van der Waals surface area contributed by atoms with Crippen LogP contribution in [0.3, 0.4) is 0 Å². The highest BCUT2D eigenvalue weighted by Crippen LogP contribution is 2.30. The van der Waals surface area contributed by atoms with Gasteiger partial charge in [0.1, 0.15) is 5.69 Å². The van der Waals surface area contributed by atoms with Crippen molar-refractivity contribution in [2.75, 3.05) is 13.1 Å². The molecule has 6 heteroatoms. The van der Waals surface area contributed by atoms with Gasteiger partial charge in [0.15, 0.2) is 0 Å². The summed E-state index contributed by atoms with van der Waals surface area (Å²) in [7, 11) is 0. The fourth-order valence-electron chi connectivity index (χ4n) is 2.66. The standard InChI is InChI=1S/C14H23N3O3/c1-3-12(18)20-17-9(2)8-11(13(17)14(15)19)10-4-6-16-7-5-10/h8,10,12,16,18H,3-7H2,1-2H3,(H2,15,19). The SMILES string of the molecule is CCC(O)On1c(C)cc(C2CCNCC2)c1C(N)=O. The number of carbonyl (C=O) groups is 1. The summed E-state index contributed by atoms with van der Waals surface area (Å²) in [6.45, 7) is 5.53. The highest BCUT2D eigenvalue weighted by molar-refractivity contribution is 5.93. The smallest absolute Gasteiger partial charge is 0.269 e. The predicted molar refractivity (Wildman–Crippen MR) is 75.4 cm³/mol. The van der Waals surface area contributed by atoms with Crippen LogP contribution in [0.15, 0.2) is 6.07 Å². The third-order valence-electron chi connectivity index (χ3n) is 3.75. The number of aliphatic hydroxyl groups excluding tert-OH is 1. The van der Waals surface area contributed by atoms with Crippen LogP contribution in [0.2, 0.25) is 0 Å². The molecule has 1 saturated heterocycles. The van der Waals surface area contributed by atoms with Crippen molar-refractivity contribution < 1.29 is 14.7 Å². The van der Waals surface area contributed by atoms with Gasteiger partial charge in [-0.2, -0.15) is 4.73 Å². The molecule has 112 valence electrons. The largest absolute Gasteiger partial charge is 0.382 e. The number of aryl methyl sites for hydroxylation is 1. The molecule has 1 unspecified atom stereocenters. The summed E-state index contributed by atoms with van der Waals surface area (Å²) in [5, 5.41) is 13.0. The van der Waals surface area contributed by atoms with Gasteiger partial charge in [-0.25, -0.2) is 0 Å². The zero-order valence-corrected chi connectivity index (χ0v) is 12.1. The second-order valence-electron chi connectivity index (χ2n) is 5.24. The van der Waals surface area contributed by atoms with Gasteiger partial charge in [-0.3, -0.25) is 4.79 Å². The number of rotatable bonds is 5. The number of aromatic nitrogens is 1. The maximum absolute atomic E-state index is 11.8. The Bertz CT molecular complexity index is 478. The summed E-state index contributed by atoms with van der Waals surface area (Å²) < 4.78 is 1.38. The van der Waals surface area contributed by atoms with Crippen LogP contribution in [0.25, 0.3) is 0 Å². The Kier molecular flexibility index (Phi) is 4.67. The van der Waals surface area contributed by atoms with E-state index in [9.17, 15) is 9.90 Å². The first-order chi connectivity index (χ1) is 9.54. The summed E-state index contributed by atoms with van der Waals surface area (Å²) in [4.78, 5) is 17.2. The summed E-state index contributed by atoms with van der Waals surface area (Å²) in [6.07, 6.45) is 1.44. The zero-order valence-electron chi connectivity index (χ0n) is 12.1. The lowest BCUT2D eigenvalue weighted by atomic mass is 9.90. The van der Waals surface area contributed by atoms with E-state index >= 15 is 0 Å². The molecular weight excluding hydrogens is 258 g/mol. The number of amides is 1. The number of nitrogens with two attached hydrogens (primary N) is 1. The minimum Gasteiger partial charge on any atom is -0.382 e. The molecule has 6 nitrogen and oxygen atoms in total. The van der Waals surface area contributed by atoms with E-state index in [1.165, 1.54) is 4.73 Å². The Morgan fingerprint density at radius 3 is 2.80 bits per heavy atom. The van der Waals surface area contributed by atoms with Crippen molar-refractivity contribution in [1.82, 2.24) is 10.0 Å². The van der Waals surface area contributed by atoms with E-state index in [1.807, 2.05) is 13.0 Å². The molecule has 1 fully saturated rings. The van der Waals surface area contributed by atoms with Gasteiger partial charge in [0.2, 0.25) is 6.29 Å². The maximum atomic E-state index is 11.8. The number of hydrogen-bond donors (Lipinski definition) is 3. The first kappa shape index (κ1) is 14.9. The lowest BCUT2D eigenvalue weighted by Gasteiger charge is -2.23. The normalized spacial score (nSPS) is 17.9. The van der Waals surface area contributed by atoms with Crippen molar-refractivity contribution in [2.45, 2.75) is 45.3 Å².